The van der Waals surface area contributed by atoms with E-state index in [1.165, 1.54) is 179 Å². The number of unbranched alkanes of at least 4 members (excludes halogenated alkanes) is 26. The van der Waals surface area contributed by atoms with Crippen molar-refractivity contribution in [2.45, 2.75) is 211 Å². The molecule has 0 saturated carbocycles. The molecule has 6 heteroatoms. The van der Waals surface area contributed by atoms with E-state index in [0.717, 1.165) is 41.1 Å². The number of benzene rings is 1. The van der Waals surface area contributed by atoms with E-state index in [2.05, 4.69) is 32.0 Å². The van der Waals surface area contributed by atoms with Crippen molar-refractivity contribution < 1.29 is 29.3 Å². The van der Waals surface area contributed by atoms with Gasteiger partial charge in [-0.2, -0.15) is 5.69 Å². The predicted molar refractivity (Wildman–Crippen MR) is 195 cm³/mol. The fraction of sp³-hybridized carbons (Fsp3) is 0.842. The molecule has 2 nitrogen and oxygen atoms in total. The summed E-state index contributed by atoms with van der Waals surface area (Å²) in [7, 11) is 0. The van der Waals surface area contributed by atoms with Gasteiger partial charge in [0, 0.05) is 4.90 Å². The fourth-order valence-corrected chi connectivity index (χ4v) is 8.89. The smallest absolute Gasteiger partial charge is 0.824 e. The van der Waals surface area contributed by atoms with E-state index < -0.39 is 5.69 Å². The molecule has 0 fully saturated rings. The molecule has 0 N–H and O–H groups in total. The van der Waals surface area contributed by atoms with Gasteiger partial charge in [0.2, 0.25) is 0 Å². The van der Waals surface area contributed by atoms with E-state index >= 15 is 0 Å². The minimum atomic E-state index is -3.82. The Morgan fingerprint density at radius 2 is 0.818 bits per heavy atom. The number of hydrogen-bond acceptors (Lipinski definition) is 4. The maximum atomic E-state index is 12.0. The van der Waals surface area contributed by atoms with Crippen molar-refractivity contribution in [2.75, 3.05) is 0 Å². The Balaban J connectivity index is 0.0000185. The number of rotatable bonds is 32. The minimum absolute atomic E-state index is 0. The van der Waals surface area contributed by atoms with Crippen molar-refractivity contribution in [3.05, 3.63) is 29.3 Å². The second-order valence-corrected chi connectivity index (χ2v) is 18.8. The average molecular weight is 718 g/mol. The van der Waals surface area contributed by atoms with Gasteiger partial charge in [-0.15, -0.1) is 23.2 Å². The van der Waals surface area contributed by atoms with Crippen LogP contribution >= 0.6 is 17.1 Å². The molecule has 0 atom stereocenters. The van der Waals surface area contributed by atoms with Gasteiger partial charge in [-0.05, 0) is 42.9 Å². The summed E-state index contributed by atoms with van der Waals surface area (Å²) in [5.74, 6) is 0. The first-order valence-electron chi connectivity index (χ1n) is 18.8. The van der Waals surface area contributed by atoms with Crippen LogP contribution in [-0.2, 0) is 44.1 Å². The summed E-state index contributed by atoms with van der Waals surface area (Å²) in [6, 6.07) is 6.52. The Labute approximate surface area is 297 Å². The maximum Gasteiger partial charge on any atom is 2.00 e. The molecule has 0 aliphatic carbocycles. The molecule has 44 heavy (non-hydrogen) atoms. The zero-order valence-corrected chi connectivity index (χ0v) is 34.7. The molecule has 0 heterocycles. The predicted octanol–water partition coefficient (Wildman–Crippen LogP) is 12.8. The molecule has 0 amide bonds. The van der Waals surface area contributed by atoms with E-state index in [1.54, 1.807) is 0 Å². The standard InChI is InChI=1S/C38H71O2PS2.Zn/c1-3-5-7-9-11-13-15-17-19-21-23-25-27-29-31-36-33-34-37(38(35-36)43-41(39,40)42)32-30-28-26-24-22-20-18-16-14-12-10-8-6-4-2;/h33-35H,3-32H2,1-2H3,(H2,39,40,42);/q;+2/p-2. The van der Waals surface area contributed by atoms with E-state index in [4.69, 9.17) is 11.8 Å². The molecule has 0 bridgehead atoms. The molecular weight excluding hydrogens is 649 g/mol. The molecule has 0 aliphatic heterocycles. The monoisotopic (exact) mass is 716 g/mol. The molecule has 0 saturated heterocycles. The third-order valence-electron chi connectivity index (χ3n) is 8.96. The van der Waals surface area contributed by atoms with Crippen LogP contribution in [0, 0.1) is 0 Å². The molecule has 0 aromatic heterocycles. The van der Waals surface area contributed by atoms with Crippen LogP contribution in [0.15, 0.2) is 23.1 Å². The van der Waals surface area contributed by atoms with Gasteiger partial charge in [0.05, 0.1) is 0 Å². The SMILES string of the molecule is CCCCCCCCCCCCCCCCc1ccc(CCCCCCCCCCCCCCCC)c(SP([O-])([O-])=S)c1.[Zn+2]. The first kappa shape index (κ1) is 44.8. The molecular formula is C38H69O2PS2Zn. The van der Waals surface area contributed by atoms with E-state index in [1.807, 2.05) is 0 Å². The first-order valence-corrected chi connectivity index (χ1v) is 22.9. The average Bonchev–Trinajstić information content (AvgIpc) is 2.97. The van der Waals surface area contributed by atoms with Crippen LogP contribution in [0.5, 0.6) is 0 Å². The van der Waals surface area contributed by atoms with Gasteiger partial charge >= 0.3 is 19.5 Å². The second-order valence-electron chi connectivity index (χ2n) is 13.2. The normalized spacial score (nSPS) is 11.6. The van der Waals surface area contributed by atoms with Crippen molar-refractivity contribution in [1.29, 1.82) is 0 Å². The summed E-state index contributed by atoms with van der Waals surface area (Å²) in [6.07, 6.45) is 40.1. The summed E-state index contributed by atoms with van der Waals surface area (Å²) in [6.45, 7) is 4.57. The maximum absolute atomic E-state index is 12.0. The van der Waals surface area contributed by atoms with Gasteiger partial charge in [-0.1, -0.05) is 193 Å². The fourth-order valence-electron chi connectivity index (χ4n) is 6.20. The van der Waals surface area contributed by atoms with Gasteiger partial charge in [0.15, 0.2) is 0 Å². The van der Waals surface area contributed by atoms with Gasteiger partial charge in [-0.3, -0.25) is 0 Å². The zero-order valence-electron chi connectivity index (χ0n) is 29.2. The molecule has 1 rings (SSSR count). The number of aryl methyl sites for hydroxylation is 2. The quantitative estimate of drug-likeness (QED) is 0.0423. The second kappa shape index (κ2) is 32.3. The molecule has 1 aromatic carbocycles. The topological polar surface area (TPSA) is 46.1 Å². The molecule has 0 spiro atoms. The molecule has 0 aliphatic rings. The van der Waals surface area contributed by atoms with Crippen LogP contribution in [0.25, 0.3) is 0 Å². The van der Waals surface area contributed by atoms with E-state index in [-0.39, 0.29) is 19.5 Å². The Morgan fingerprint density at radius 1 is 0.500 bits per heavy atom. The molecule has 0 radical (unpaired) electrons. The summed E-state index contributed by atoms with van der Waals surface area (Å²) in [5, 5.41) is 0. The Bertz CT molecular complexity index is 801. The van der Waals surface area contributed by atoms with Crippen molar-refractivity contribution >= 4 is 28.9 Å². The molecule has 0 unspecified atom stereocenters. The van der Waals surface area contributed by atoms with Crippen molar-refractivity contribution in [3.63, 3.8) is 0 Å². The van der Waals surface area contributed by atoms with E-state index in [9.17, 15) is 9.79 Å². The van der Waals surface area contributed by atoms with Gasteiger partial charge in [0.25, 0.3) is 0 Å². The van der Waals surface area contributed by atoms with Crippen LogP contribution in [-0.4, -0.2) is 0 Å². The Morgan fingerprint density at radius 3 is 1.16 bits per heavy atom. The van der Waals surface area contributed by atoms with Crippen LogP contribution in [0.4, 0.5) is 0 Å². The van der Waals surface area contributed by atoms with Crippen LogP contribution in [0.2, 0.25) is 0 Å². The zero-order chi connectivity index (χ0) is 31.3. The van der Waals surface area contributed by atoms with Gasteiger partial charge < -0.3 is 9.79 Å². The van der Waals surface area contributed by atoms with Crippen LogP contribution in [0.3, 0.4) is 0 Å². The summed E-state index contributed by atoms with van der Waals surface area (Å²) in [5.41, 5.74) is -1.40. The molecule has 252 valence electrons. The van der Waals surface area contributed by atoms with Crippen LogP contribution in [0.1, 0.15) is 205 Å². The summed E-state index contributed by atoms with van der Waals surface area (Å²) in [4.78, 5) is 24.8. The Kier molecular flexibility index (Phi) is 32.9. The Hall–Kier alpha value is 0.763. The van der Waals surface area contributed by atoms with Crippen molar-refractivity contribution in [3.8, 4) is 0 Å². The summed E-state index contributed by atoms with van der Waals surface area (Å²) >= 11 is 5.68. The largest absolute Gasteiger partial charge is 2.00 e. The minimum Gasteiger partial charge on any atom is -0.824 e. The third-order valence-corrected chi connectivity index (χ3v) is 11.7. The third kappa shape index (κ3) is 28.9. The van der Waals surface area contributed by atoms with Crippen LogP contribution < -0.4 is 9.79 Å². The number of hydrogen-bond donors (Lipinski definition) is 0. The van der Waals surface area contributed by atoms with Crippen molar-refractivity contribution in [1.82, 2.24) is 0 Å². The molecule has 1 aromatic rings. The van der Waals surface area contributed by atoms with E-state index in [0.29, 0.717) is 0 Å². The first-order chi connectivity index (χ1) is 21.0. The summed E-state index contributed by atoms with van der Waals surface area (Å²) < 4.78 is 0. The van der Waals surface area contributed by atoms with Gasteiger partial charge in [-0.25, -0.2) is 0 Å². The van der Waals surface area contributed by atoms with Crippen molar-refractivity contribution in [2.24, 2.45) is 0 Å². The van der Waals surface area contributed by atoms with Gasteiger partial charge in [0.1, 0.15) is 0 Å².